The van der Waals surface area contributed by atoms with E-state index in [1.54, 1.807) is 18.3 Å². The average Bonchev–Trinajstić information content (AvgIpc) is 2.88. The molecular weight excluding hydrogens is 299 g/mol. The van der Waals surface area contributed by atoms with Crippen LogP contribution < -0.4 is 5.56 Å². The van der Waals surface area contributed by atoms with Crippen molar-refractivity contribution < 1.29 is 9.50 Å². The van der Waals surface area contributed by atoms with Crippen molar-refractivity contribution in [3.05, 3.63) is 63.3 Å². The lowest BCUT2D eigenvalue weighted by molar-refractivity contribution is 0.403. The SMILES string of the molecule is CN(C)Cc1cnn2c(O)c(Cc3ccc(F)cc3)c(=O)[nH]c12. The predicted octanol–water partition coefficient (Wildman–Crippen LogP) is 1.52. The van der Waals surface area contributed by atoms with E-state index >= 15 is 0 Å². The van der Waals surface area contributed by atoms with E-state index in [1.165, 1.54) is 16.6 Å². The van der Waals surface area contributed by atoms with E-state index < -0.39 is 0 Å². The molecule has 0 radical (unpaired) electrons. The van der Waals surface area contributed by atoms with E-state index in [1.807, 2.05) is 19.0 Å². The Kier molecular flexibility index (Phi) is 3.87. The van der Waals surface area contributed by atoms with E-state index in [0.717, 1.165) is 11.1 Å². The smallest absolute Gasteiger partial charge is 0.258 e. The molecule has 0 saturated carbocycles. The highest BCUT2D eigenvalue weighted by molar-refractivity contribution is 5.50. The number of aromatic nitrogens is 3. The fourth-order valence-electron chi connectivity index (χ4n) is 2.51. The summed E-state index contributed by atoms with van der Waals surface area (Å²) in [7, 11) is 3.81. The molecular formula is C16H17FN4O2. The molecule has 3 aromatic rings. The number of nitrogens with zero attached hydrogens (tertiary/aromatic N) is 3. The zero-order valence-electron chi connectivity index (χ0n) is 12.9. The molecule has 23 heavy (non-hydrogen) atoms. The molecule has 2 aromatic heterocycles. The minimum atomic E-state index is -0.375. The fraction of sp³-hybridized carbons (Fsp3) is 0.250. The molecule has 0 spiro atoms. The van der Waals surface area contributed by atoms with Gasteiger partial charge in [-0.25, -0.2) is 4.39 Å². The van der Waals surface area contributed by atoms with Crippen molar-refractivity contribution in [2.45, 2.75) is 13.0 Å². The van der Waals surface area contributed by atoms with Crippen LogP contribution in [0.25, 0.3) is 5.65 Å². The second kappa shape index (κ2) is 5.85. The number of benzene rings is 1. The Balaban J connectivity index is 2.05. The van der Waals surface area contributed by atoms with Gasteiger partial charge in [-0.15, -0.1) is 0 Å². The van der Waals surface area contributed by atoms with Crippen LogP contribution in [0.5, 0.6) is 5.88 Å². The summed E-state index contributed by atoms with van der Waals surface area (Å²) in [5.41, 5.74) is 1.84. The van der Waals surface area contributed by atoms with Crippen LogP contribution in [0.4, 0.5) is 4.39 Å². The first-order valence-corrected chi connectivity index (χ1v) is 7.15. The highest BCUT2D eigenvalue weighted by Gasteiger charge is 2.16. The van der Waals surface area contributed by atoms with Crippen LogP contribution in [0.2, 0.25) is 0 Å². The standard InChI is InChI=1S/C16H17FN4O2/c1-20(2)9-11-8-18-21-14(11)19-15(22)13(16(21)23)7-10-3-5-12(17)6-4-10/h3-6,8,23H,7,9H2,1-2H3,(H,19,22). The second-order valence-corrected chi connectivity index (χ2v) is 5.73. The third-order valence-corrected chi connectivity index (χ3v) is 3.60. The first kappa shape index (κ1) is 15.2. The molecule has 0 aliphatic rings. The van der Waals surface area contributed by atoms with Gasteiger partial charge in [0.25, 0.3) is 5.56 Å². The maximum Gasteiger partial charge on any atom is 0.258 e. The van der Waals surface area contributed by atoms with E-state index in [4.69, 9.17) is 0 Å². The Bertz CT molecular complexity index is 897. The number of hydrogen-bond donors (Lipinski definition) is 2. The Morgan fingerprint density at radius 2 is 2.00 bits per heavy atom. The molecule has 7 heteroatoms. The summed E-state index contributed by atoms with van der Waals surface area (Å²) in [5.74, 6) is -0.541. The van der Waals surface area contributed by atoms with Crippen molar-refractivity contribution in [2.75, 3.05) is 14.1 Å². The van der Waals surface area contributed by atoms with E-state index in [-0.39, 0.29) is 29.2 Å². The van der Waals surface area contributed by atoms with Gasteiger partial charge in [0, 0.05) is 18.5 Å². The number of halogens is 1. The summed E-state index contributed by atoms with van der Waals surface area (Å²) < 4.78 is 14.3. The summed E-state index contributed by atoms with van der Waals surface area (Å²) in [5, 5.41) is 14.5. The largest absolute Gasteiger partial charge is 0.493 e. The molecule has 0 atom stereocenters. The highest BCUT2D eigenvalue weighted by atomic mass is 19.1. The maximum absolute atomic E-state index is 13.0. The first-order valence-electron chi connectivity index (χ1n) is 7.15. The topological polar surface area (TPSA) is 73.6 Å². The van der Waals surface area contributed by atoms with Gasteiger partial charge < -0.3 is 15.0 Å². The molecule has 0 aliphatic carbocycles. The Morgan fingerprint density at radius 1 is 1.30 bits per heavy atom. The van der Waals surface area contributed by atoms with Gasteiger partial charge in [-0.1, -0.05) is 12.1 Å². The average molecular weight is 316 g/mol. The second-order valence-electron chi connectivity index (χ2n) is 5.73. The number of nitrogens with one attached hydrogen (secondary N) is 1. The van der Waals surface area contributed by atoms with Crippen molar-refractivity contribution in [3.63, 3.8) is 0 Å². The van der Waals surface area contributed by atoms with Crippen LogP contribution in [-0.4, -0.2) is 38.7 Å². The lowest BCUT2D eigenvalue weighted by Crippen LogP contribution is -2.17. The van der Waals surface area contributed by atoms with Crippen LogP contribution in [0.15, 0.2) is 35.3 Å². The molecule has 0 fully saturated rings. The summed E-state index contributed by atoms with van der Waals surface area (Å²) >= 11 is 0. The molecule has 3 rings (SSSR count). The van der Waals surface area contributed by atoms with Gasteiger partial charge in [0.05, 0.1) is 11.8 Å². The summed E-state index contributed by atoms with van der Waals surface area (Å²) in [4.78, 5) is 17.0. The first-order chi connectivity index (χ1) is 11.0. The maximum atomic E-state index is 13.0. The van der Waals surface area contributed by atoms with E-state index in [0.29, 0.717) is 12.2 Å². The van der Waals surface area contributed by atoms with E-state index in [9.17, 15) is 14.3 Å². The molecule has 0 aliphatic heterocycles. The minimum Gasteiger partial charge on any atom is -0.493 e. The monoisotopic (exact) mass is 316 g/mol. The van der Waals surface area contributed by atoms with Gasteiger partial charge >= 0.3 is 0 Å². The summed E-state index contributed by atoms with van der Waals surface area (Å²) in [6.07, 6.45) is 1.81. The third-order valence-electron chi connectivity index (χ3n) is 3.60. The molecule has 1 aromatic carbocycles. The van der Waals surface area contributed by atoms with Gasteiger partial charge in [-0.3, -0.25) is 4.79 Å². The van der Waals surface area contributed by atoms with Gasteiger partial charge in [0.2, 0.25) is 5.88 Å². The number of hydrogen-bond acceptors (Lipinski definition) is 4. The zero-order chi connectivity index (χ0) is 16.6. The van der Waals surface area contributed by atoms with Crippen molar-refractivity contribution in [2.24, 2.45) is 0 Å². The number of H-pyrrole nitrogens is 1. The molecule has 2 heterocycles. The number of fused-ring (bicyclic) bond motifs is 1. The van der Waals surface area contributed by atoms with Crippen LogP contribution >= 0.6 is 0 Å². The van der Waals surface area contributed by atoms with Crippen LogP contribution in [0.3, 0.4) is 0 Å². The Hall–Kier alpha value is -2.67. The van der Waals surface area contributed by atoms with Crippen molar-refractivity contribution in [3.8, 4) is 5.88 Å². The highest BCUT2D eigenvalue weighted by Crippen LogP contribution is 2.20. The summed E-state index contributed by atoms with van der Waals surface area (Å²) in [6, 6.07) is 5.81. The Labute approximate surface area is 131 Å². The third kappa shape index (κ3) is 2.95. The summed E-state index contributed by atoms with van der Waals surface area (Å²) in [6.45, 7) is 0.593. The predicted molar refractivity (Wildman–Crippen MR) is 84.1 cm³/mol. The quantitative estimate of drug-likeness (QED) is 0.765. The van der Waals surface area contributed by atoms with Crippen molar-refractivity contribution >= 4 is 5.65 Å². The number of rotatable bonds is 4. The zero-order valence-corrected chi connectivity index (χ0v) is 12.9. The molecule has 2 N–H and O–H groups in total. The lowest BCUT2D eigenvalue weighted by atomic mass is 10.1. The van der Waals surface area contributed by atoms with E-state index in [2.05, 4.69) is 10.1 Å². The molecule has 0 saturated heterocycles. The van der Waals surface area contributed by atoms with Gasteiger partial charge in [0.15, 0.2) is 0 Å². The molecule has 0 amide bonds. The number of aromatic amines is 1. The molecule has 6 nitrogen and oxygen atoms in total. The number of aromatic hydroxyl groups is 1. The van der Waals surface area contributed by atoms with Crippen LogP contribution in [0.1, 0.15) is 16.7 Å². The van der Waals surface area contributed by atoms with Crippen molar-refractivity contribution in [1.82, 2.24) is 19.5 Å². The lowest BCUT2D eigenvalue weighted by Gasteiger charge is -2.09. The van der Waals surface area contributed by atoms with Gasteiger partial charge in [0.1, 0.15) is 11.5 Å². The van der Waals surface area contributed by atoms with Crippen molar-refractivity contribution in [1.29, 1.82) is 0 Å². The Morgan fingerprint density at radius 3 is 2.65 bits per heavy atom. The van der Waals surface area contributed by atoms with Crippen LogP contribution in [0, 0.1) is 5.82 Å². The van der Waals surface area contributed by atoms with Gasteiger partial charge in [-0.2, -0.15) is 9.61 Å². The van der Waals surface area contributed by atoms with Crippen LogP contribution in [-0.2, 0) is 13.0 Å². The molecule has 0 unspecified atom stereocenters. The van der Waals surface area contributed by atoms with Gasteiger partial charge in [-0.05, 0) is 31.8 Å². The minimum absolute atomic E-state index is 0.195. The fourth-order valence-corrected chi connectivity index (χ4v) is 2.51. The normalized spacial score (nSPS) is 11.5. The molecule has 120 valence electrons. The molecule has 0 bridgehead atoms.